The molecule has 2 rings (SSSR count). The van der Waals surface area contributed by atoms with Gasteiger partial charge in [-0.05, 0) is 25.0 Å². The number of likely N-dealkylation sites (tertiary alicyclic amines) is 1. The van der Waals surface area contributed by atoms with Gasteiger partial charge in [-0.2, -0.15) is 0 Å². The van der Waals surface area contributed by atoms with E-state index in [-0.39, 0.29) is 6.04 Å². The van der Waals surface area contributed by atoms with Crippen LogP contribution in [0.25, 0.3) is 0 Å². The SMILES string of the molecule is O=C(NC(=O)c1ccccc1)NC1CCN(C(=O)O)CC1. The van der Waals surface area contributed by atoms with Crippen molar-refractivity contribution in [2.24, 2.45) is 0 Å². The molecule has 3 N–H and O–H groups in total. The maximum absolute atomic E-state index is 11.8. The number of hydrogen-bond acceptors (Lipinski definition) is 3. The molecule has 1 heterocycles. The standard InChI is InChI=1S/C14H17N3O4/c18-12(10-4-2-1-3-5-10)16-13(19)15-11-6-8-17(9-7-11)14(20)21/h1-5,11H,6-9H2,(H,20,21)(H2,15,16,18,19). The Morgan fingerprint density at radius 1 is 1.10 bits per heavy atom. The fraction of sp³-hybridized carbons (Fsp3) is 0.357. The Hall–Kier alpha value is -2.57. The van der Waals surface area contributed by atoms with E-state index in [4.69, 9.17) is 5.11 Å². The molecule has 7 nitrogen and oxygen atoms in total. The highest BCUT2D eigenvalue weighted by atomic mass is 16.4. The fourth-order valence-corrected chi connectivity index (χ4v) is 2.20. The quantitative estimate of drug-likeness (QED) is 0.764. The van der Waals surface area contributed by atoms with E-state index in [1.807, 2.05) is 0 Å². The molecule has 0 saturated carbocycles. The molecule has 0 radical (unpaired) electrons. The third-order valence-electron chi connectivity index (χ3n) is 3.36. The highest BCUT2D eigenvalue weighted by Crippen LogP contribution is 2.10. The number of carbonyl (C=O) groups excluding carboxylic acids is 2. The molecule has 1 saturated heterocycles. The van der Waals surface area contributed by atoms with Gasteiger partial charge in [0.2, 0.25) is 0 Å². The van der Waals surface area contributed by atoms with Crippen LogP contribution in [0.2, 0.25) is 0 Å². The number of nitrogens with zero attached hydrogens (tertiary/aromatic N) is 1. The largest absolute Gasteiger partial charge is 0.465 e. The van der Waals surface area contributed by atoms with E-state index in [1.54, 1.807) is 30.3 Å². The highest BCUT2D eigenvalue weighted by molar-refractivity contribution is 6.04. The lowest BCUT2D eigenvalue weighted by Crippen LogP contribution is -2.49. The maximum Gasteiger partial charge on any atom is 0.407 e. The van der Waals surface area contributed by atoms with Crippen LogP contribution in [0.4, 0.5) is 9.59 Å². The van der Waals surface area contributed by atoms with Crippen LogP contribution in [0.1, 0.15) is 23.2 Å². The van der Waals surface area contributed by atoms with Crippen molar-refractivity contribution in [3.05, 3.63) is 35.9 Å². The number of hydrogen-bond donors (Lipinski definition) is 3. The molecule has 4 amide bonds. The Labute approximate surface area is 121 Å². The van der Waals surface area contributed by atoms with Crippen LogP contribution in [0.3, 0.4) is 0 Å². The van der Waals surface area contributed by atoms with Crippen LogP contribution < -0.4 is 10.6 Å². The third-order valence-corrected chi connectivity index (χ3v) is 3.36. The first-order valence-corrected chi connectivity index (χ1v) is 6.71. The molecule has 1 aromatic carbocycles. The molecular weight excluding hydrogens is 274 g/mol. The van der Waals surface area contributed by atoms with Gasteiger partial charge in [0, 0.05) is 24.7 Å². The molecule has 7 heteroatoms. The summed E-state index contributed by atoms with van der Waals surface area (Å²) >= 11 is 0. The average Bonchev–Trinajstić information content (AvgIpc) is 2.48. The van der Waals surface area contributed by atoms with Gasteiger partial charge in [0.05, 0.1) is 0 Å². The van der Waals surface area contributed by atoms with Crippen molar-refractivity contribution >= 4 is 18.0 Å². The normalized spacial score (nSPS) is 15.3. The van der Waals surface area contributed by atoms with E-state index in [0.29, 0.717) is 31.5 Å². The van der Waals surface area contributed by atoms with Gasteiger partial charge in [-0.15, -0.1) is 0 Å². The molecule has 1 aromatic rings. The van der Waals surface area contributed by atoms with Crippen LogP contribution in [0.15, 0.2) is 30.3 Å². The second-order valence-electron chi connectivity index (χ2n) is 4.84. The Bertz CT molecular complexity index is 524. The van der Waals surface area contributed by atoms with Crippen LogP contribution in [0, 0.1) is 0 Å². The van der Waals surface area contributed by atoms with Crippen LogP contribution in [-0.2, 0) is 0 Å². The molecular formula is C14H17N3O4. The van der Waals surface area contributed by atoms with E-state index < -0.39 is 18.0 Å². The molecule has 0 atom stereocenters. The van der Waals surface area contributed by atoms with E-state index in [9.17, 15) is 14.4 Å². The van der Waals surface area contributed by atoms with Crippen molar-refractivity contribution in [3.63, 3.8) is 0 Å². The van der Waals surface area contributed by atoms with Crippen molar-refractivity contribution < 1.29 is 19.5 Å². The summed E-state index contributed by atoms with van der Waals surface area (Å²) in [6.07, 6.45) is 0.135. The second-order valence-corrected chi connectivity index (χ2v) is 4.84. The molecule has 1 aliphatic rings. The Morgan fingerprint density at radius 3 is 2.29 bits per heavy atom. The number of amides is 4. The van der Waals surface area contributed by atoms with Crippen molar-refractivity contribution in [1.82, 2.24) is 15.5 Å². The molecule has 0 bridgehead atoms. The van der Waals surface area contributed by atoms with Crippen molar-refractivity contribution in [1.29, 1.82) is 0 Å². The predicted octanol–water partition coefficient (Wildman–Crippen LogP) is 1.27. The molecule has 112 valence electrons. The van der Waals surface area contributed by atoms with E-state index in [1.165, 1.54) is 4.90 Å². The summed E-state index contributed by atoms with van der Waals surface area (Å²) < 4.78 is 0. The molecule has 1 aliphatic heterocycles. The molecule has 0 aromatic heterocycles. The van der Waals surface area contributed by atoms with Gasteiger partial charge in [0.15, 0.2) is 0 Å². The first-order valence-electron chi connectivity index (χ1n) is 6.71. The Balaban J connectivity index is 1.78. The van der Waals surface area contributed by atoms with Gasteiger partial charge in [-0.3, -0.25) is 10.1 Å². The lowest BCUT2D eigenvalue weighted by atomic mass is 10.1. The lowest BCUT2D eigenvalue weighted by molar-refractivity contribution is 0.0962. The van der Waals surface area contributed by atoms with Crippen LogP contribution in [-0.4, -0.2) is 47.2 Å². The monoisotopic (exact) mass is 291 g/mol. The fourth-order valence-electron chi connectivity index (χ4n) is 2.20. The van der Waals surface area contributed by atoms with Crippen molar-refractivity contribution in [3.8, 4) is 0 Å². The van der Waals surface area contributed by atoms with Gasteiger partial charge < -0.3 is 15.3 Å². The number of piperidine rings is 1. The van der Waals surface area contributed by atoms with E-state index >= 15 is 0 Å². The topological polar surface area (TPSA) is 98.7 Å². The summed E-state index contributed by atoms with van der Waals surface area (Å²) in [5, 5.41) is 13.8. The number of nitrogens with one attached hydrogen (secondary N) is 2. The smallest absolute Gasteiger partial charge is 0.407 e. The average molecular weight is 291 g/mol. The zero-order valence-electron chi connectivity index (χ0n) is 11.4. The van der Waals surface area contributed by atoms with Crippen LogP contribution in [0.5, 0.6) is 0 Å². The van der Waals surface area contributed by atoms with Gasteiger partial charge >= 0.3 is 12.1 Å². The number of benzene rings is 1. The summed E-state index contributed by atoms with van der Waals surface area (Å²) in [6.45, 7) is 0.764. The number of rotatable bonds is 2. The minimum Gasteiger partial charge on any atom is -0.465 e. The molecule has 0 spiro atoms. The summed E-state index contributed by atoms with van der Waals surface area (Å²) in [4.78, 5) is 35.6. The minimum absolute atomic E-state index is 0.121. The summed E-state index contributed by atoms with van der Waals surface area (Å²) in [7, 11) is 0. The Morgan fingerprint density at radius 2 is 1.71 bits per heavy atom. The Kier molecular flexibility index (Phi) is 4.76. The van der Waals surface area contributed by atoms with E-state index in [2.05, 4.69) is 10.6 Å². The zero-order chi connectivity index (χ0) is 15.2. The lowest BCUT2D eigenvalue weighted by Gasteiger charge is -2.30. The molecule has 21 heavy (non-hydrogen) atoms. The summed E-state index contributed by atoms with van der Waals surface area (Å²) in [6, 6.07) is 7.78. The van der Waals surface area contributed by atoms with Crippen molar-refractivity contribution in [2.45, 2.75) is 18.9 Å². The third kappa shape index (κ3) is 4.20. The first-order chi connectivity index (χ1) is 10.1. The van der Waals surface area contributed by atoms with Gasteiger partial charge in [-0.1, -0.05) is 18.2 Å². The van der Waals surface area contributed by atoms with E-state index in [0.717, 1.165) is 0 Å². The molecule has 0 aliphatic carbocycles. The number of carbonyl (C=O) groups is 3. The second kappa shape index (κ2) is 6.74. The van der Waals surface area contributed by atoms with Crippen molar-refractivity contribution in [2.75, 3.05) is 13.1 Å². The summed E-state index contributed by atoms with van der Waals surface area (Å²) in [5.74, 6) is -0.462. The number of imide groups is 1. The zero-order valence-corrected chi connectivity index (χ0v) is 11.4. The number of carboxylic acid groups (broad SMARTS) is 1. The van der Waals surface area contributed by atoms with Gasteiger partial charge in [-0.25, -0.2) is 9.59 Å². The highest BCUT2D eigenvalue weighted by Gasteiger charge is 2.23. The van der Waals surface area contributed by atoms with Gasteiger partial charge in [0.25, 0.3) is 5.91 Å². The predicted molar refractivity (Wildman–Crippen MR) is 75.1 cm³/mol. The summed E-state index contributed by atoms with van der Waals surface area (Å²) in [5.41, 5.74) is 0.411. The first kappa shape index (κ1) is 14.8. The molecule has 0 unspecified atom stereocenters. The van der Waals surface area contributed by atoms with Crippen LogP contribution >= 0.6 is 0 Å². The minimum atomic E-state index is -0.947. The number of urea groups is 1. The molecule has 1 fully saturated rings. The maximum atomic E-state index is 11.8. The van der Waals surface area contributed by atoms with Gasteiger partial charge in [0.1, 0.15) is 0 Å².